The lowest BCUT2D eigenvalue weighted by atomic mass is 10.3. The number of likely N-dealkylation sites (tertiary alicyclic amines) is 1. The van der Waals surface area contributed by atoms with Crippen LogP contribution in [0.4, 0.5) is 10.1 Å². The van der Waals surface area contributed by atoms with Crippen LogP contribution in [0.25, 0.3) is 0 Å². The Labute approximate surface area is 117 Å². The molecule has 0 atom stereocenters. The van der Waals surface area contributed by atoms with Crippen LogP contribution >= 0.6 is 12.2 Å². The standard InChI is InChI=1S/C13H16FN3OS/c14-10-4-1-2-5-11(10)16-13(19)15-7-9-17-8-3-6-12(17)18/h1-2,4-5H,3,6-9H2,(H2,15,16,19). The second-order valence-corrected chi connectivity index (χ2v) is 4.75. The summed E-state index contributed by atoms with van der Waals surface area (Å²) in [6.07, 6.45) is 1.56. The number of carbonyl (C=O) groups excluding carboxylic acids is 1. The number of halogens is 1. The molecule has 102 valence electrons. The summed E-state index contributed by atoms with van der Waals surface area (Å²) in [4.78, 5) is 13.2. The first kappa shape index (κ1) is 13.7. The summed E-state index contributed by atoms with van der Waals surface area (Å²) in [5.41, 5.74) is 0.345. The number of carbonyl (C=O) groups is 1. The van der Waals surface area contributed by atoms with Crippen LogP contribution in [0.5, 0.6) is 0 Å². The fraction of sp³-hybridized carbons (Fsp3) is 0.385. The molecule has 0 aliphatic carbocycles. The zero-order valence-electron chi connectivity index (χ0n) is 10.5. The van der Waals surface area contributed by atoms with Gasteiger partial charge in [0.25, 0.3) is 0 Å². The van der Waals surface area contributed by atoms with Gasteiger partial charge in [-0.1, -0.05) is 12.1 Å². The minimum atomic E-state index is -0.346. The van der Waals surface area contributed by atoms with Crippen molar-refractivity contribution in [1.29, 1.82) is 0 Å². The summed E-state index contributed by atoms with van der Waals surface area (Å²) in [6.45, 7) is 2.00. The van der Waals surface area contributed by atoms with Gasteiger partial charge in [0.1, 0.15) is 5.82 Å². The Morgan fingerprint density at radius 1 is 1.42 bits per heavy atom. The molecule has 1 fully saturated rings. The molecular weight excluding hydrogens is 265 g/mol. The number of amides is 1. The van der Waals surface area contributed by atoms with E-state index in [-0.39, 0.29) is 11.7 Å². The summed E-state index contributed by atoms with van der Waals surface area (Å²) in [6, 6.07) is 6.34. The zero-order valence-corrected chi connectivity index (χ0v) is 11.3. The molecule has 0 radical (unpaired) electrons. The van der Waals surface area contributed by atoms with E-state index in [0.29, 0.717) is 30.3 Å². The van der Waals surface area contributed by atoms with E-state index < -0.39 is 0 Å². The molecule has 6 heteroatoms. The van der Waals surface area contributed by atoms with Crippen LogP contribution < -0.4 is 10.6 Å². The molecule has 1 aliphatic heterocycles. The van der Waals surface area contributed by atoms with Crippen LogP contribution in [0.2, 0.25) is 0 Å². The molecule has 0 bridgehead atoms. The van der Waals surface area contributed by atoms with Gasteiger partial charge in [-0.2, -0.15) is 0 Å². The first-order chi connectivity index (χ1) is 9.16. The first-order valence-electron chi connectivity index (χ1n) is 6.24. The molecule has 1 amide bonds. The Hall–Kier alpha value is -1.69. The smallest absolute Gasteiger partial charge is 0.222 e. The monoisotopic (exact) mass is 281 g/mol. The quantitative estimate of drug-likeness (QED) is 0.825. The SMILES string of the molecule is O=C1CCCN1CCNC(=S)Nc1ccccc1F. The summed E-state index contributed by atoms with van der Waals surface area (Å²) in [7, 11) is 0. The molecule has 0 aromatic heterocycles. The topological polar surface area (TPSA) is 44.4 Å². The average molecular weight is 281 g/mol. The number of nitrogens with one attached hydrogen (secondary N) is 2. The molecule has 0 unspecified atom stereocenters. The van der Waals surface area contributed by atoms with Gasteiger partial charge in [0, 0.05) is 26.1 Å². The molecule has 4 nitrogen and oxygen atoms in total. The van der Waals surface area contributed by atoms with Crippen molar-refractivity contribution in [3.05, 3.63) is 30.1 Å². The van der Waals surface area contributed by atoms with E-state index in [2.05, 4.69) is 10.6 Å². The number of hydrogen-bond donors (Lipinski definition) is 2. The molecule has 1 aliphatic rings. The minimum absolute atomic E-state index is 0.190. The van der Waals surface area contributed by atoms with Crippen molar-refractivity contribution >= 4 is 28.9 Å². The third-order valence-electron chi connectivity index (χ3n) is 2.96. The Kier molecular flexibility index (Phi) is 4.68. The van der Waals surface area contributed by atoms with Crippen LogP contribution in [0.15, 0.2) is 24.3 Å². The van der Waals surface area contributed by atoms with E-state index in [0.717, 1.165) is 13.0 Å². The molecule has 1 aromatic rings. The normalized spacial score (nSPS) is 14.6. The molecule has 2 N–H and O–H groups in total. The maximum absolute atomic E-state index is 13.4. The lowest BCUT2D eigenvalue weighted by Crippen LogP contribution is -2.37. The highest BCUT2D eigenvalue weighted by atomic mass is 32.1. The van der Waals surface area contributed by atoms with Crippen molar-refractivity contribution in [3.63, 3.8) is 0 Å². The van der Waals surface area contributed by atoms with Crippen molar-refractivity contribution in [2.75, 3.05) is 25.0 Å². The second-order valence-electron chi connectivity index (χ2n) is 4.35. The van der Waals surface area contributed by atoms with Gasteiger partial charge in [0.05, 0.1) is 5.69 Å². The maximum Gasteiger partial charge on any atom is 0.222 e. The van der Waals surface area contributed by atoms with Crippen molar-refractivity contribution in [1.82, 2.24) is 10.2 Å². The van der Waals surface area contributed by atoms with E-state index in [9.17, 15) is 9.18 Å². The lowest BCUT2D eigenvalue weighted by molar-refractivity contribution is -0.127. The van der Waals surface area contributed by atoms with E-state index in [1.807, 2.05) is 0 Å². The maximum atomic E-state index is 13.4. The fourth-order valence-corrected chi connectivity index (χ4v) is 2.19. The Balaban J connectivity index is 1.73. The van der Waals surface area contributed by atoms with Crippen molar-refractivity contribution in [3.8, 4) is 0 Å². The molecular formula is C13H16FN3OS. The van der Waals surface area contributed by atoms with Crippen molar-refractivity contribution in [2.24, 2.45) is 0 Å². The van der Waals surface area contributed by atoms with Crippen LogP contribution in [0.1, 0.15) is 12.8 Å². The molecule has 0 spiro atoms. The van der Waals surface area contributed by atoms with Gasteiger partial charge in [-0.3, -0.25) is 4.79 Å². The predicted molar refractivity (Wildman–Crippen MR) is 76.4 cm³/mol. The Morgan fingerprint density at radius 3 is 2.89 bits per heavy atom. The van der Waals surface area contributed by atoms with Crippen LogP contribution in [-0.4, -0.2) is 35.6 Å². The summed E-state index contributed by atoms with van der Waals surface area (Å²) >= 11 is 5.07. The van der Waals surface area contributed by atoms with Gasteiger partial charge >= 0.3 is 0 Å². The number of rotatable bonds is 4. The highest BCUT2D eigenvalue weighted by Crippen LogP contribution is 2.12. The molecule has 1 saturated heterocycles. The average Bonchev–Trinajstić information content (AvgIpc) is 2.78. The number of anilines is 1. The highest BCUT2D eigenvalue weighted by molar-refractivity contribution is 7.80. The molecule has 0 saturated carbocycles. The lowest BCUT2D eigenvalue weighted by Gasteiger charge is -2.17. The number of benzene rings is 1. The minimum Gasteiger partial charge on any atom is -0.361 e. The van der Waals surface area contributed by atoms with Gasteiger partial charge in [-0.15, -0.1) is 0 Å². The fourth-order valence-electron chi connectivity index (χ4n) is 1.97. The van der Waals surface area contributed by atoms with Crippen molar-refractivity contribution < 1.29 is 9.18 Å². The largest absolute Gasteiger partial charge is 0.361 e. The third-order valence-corrected chi connectivity index (χ3v) is 3.21. The Bertz CT molecular complexity index is 481. The summed E-state index contributed by atoms with van der Waals surface area (Å²) in [5, 5.41) is 6.11. The van der Waals surface area contributed by atoms with Gasteiger partial charge < -0.3 is 15.5 Å². The van der Waals surface area contributed by atoms with Crippen LogP contribution in [0.3, 0.4) is 0 Å². The summed E-state index contributed by atoms with van der Waals surface area (Å²) < 4.78 is 13.4. The van der Waals surface area contributed by atoms with E-state index in [1.54, 1.807) is 23.1 Å². The van der Waals surface area contributed by atoms with E-state index >= 15 is 0 Å². The van der Waals surface area contributed by atoms with Gasteiger partial charge in [-0.25, -0.2) is 4.39 Å². The van der Waals surface area contributed by atoms with Gasteiger partial charge in [0.2, 0.25) is 5.91 Å². The highest BCUT2D eigenvalue weighted by Gasteiger charge is 2.19. The van der Waals surface area contributed by atoms with E-state index in [1.165, 1.54) is 6.07 Å². The first-order valence-corrected chi connectivity index (χ1v) is 6.65. The number of nitrogens with zero attached hydrogens (tertiary/aromatic N) is 1. The van der Waals surface area contributed by atoms with Crippen LogP contribution in [0, 0.1) is 5.82 Å². The number of hydrogen-bond acceptors (Lipinski definition) is 2. The van der Waals surface area contributed by atoms with E-state index in [4.69, 9.17) is 12.2 Å². The second kappa shape index (κ2) is 6.47. The number of thiocarbonyl (C=S) groups is 1. The molecule has 1 aromatic carbocycles. The molecule has 19 heavy (non-hydrogen) atoms. The van der Waals surface area contributed by atoms with Gasteiger partial charge in [-0.05, 0) is 30.8 Å². The zero-order chi connectivity index (χ0) is 13.7. The van der Waals surface area contributed by atoms with Gasteiger partial charge in [0.15, 0.2) is 5.11 Å². The molecule has 2 rings (SSSR count). The molecule has 1 heterocycles. The number of para-hydroxylation sites is 1. The third kappa shape index (κ3) is 3.89. The van der Waals surface area contributed by atoms with Crippen molar-refractivity contribution in [2.45, 2.75) is 12.8 Å². The Morgan fingerprint density at radius 2 is 2.21 bits per heavy atom. The predicted octanol–water partition coefficient (Wildman–Crippen LogP) is 1.73. The van der Waals surface area contributed by atoms with Crippen LogP contribution in [-0.2, 0) is 4.79 Å². The summed E-state index contributed by atoms with van der Waals surface area (Å²) in [5.74, 6) is -0.156.